The topological polar surface area (TPSA) is 76.6 Å². The van der Waals surface area contributed by atoms with Crippen molar-refractivity contribution in [1.82, 2.24) is 4.98 Å². The van der Waals surface area contributed by atoms with Crippen LogP contribution in [0.4, 0.5) is 10.2 Å². The minimum absolute atomic E-state index is 0.158. The summed E-state index contributed by atoms with van der Waals surface area (Å²) >= 11 is 0. The summed E-state index contributed by atoms with van der Waals surface area (Å²) in [6.45, 7) is 7.38. The summed E-state index contributed by atoms with van der Waals surface area (Å²) in [5, 5.41) is -0.609. The first-order valence-electron chi connectivity index (χ1n) is 10.0. The molecule has 30 heavy (non-hydrogen) atoms. The van der Waals surface area contributed by atoms with Crippen LogP contribution in [0.2, 0.25) is 0 Å². The number of fused-ring (bicyclic) bond motifs is 1. The van der Waals surface area contributed by atoms with Gasteiger partial charge in [-0.25, -0.2) is 22.6 Å². The number of carbonyl (C=O) groups is 1. The molecule has 0 N–H and O–H groups in total. The molecule has 0 radical (unpaired) electrons. The molecule has 1 aliphatic heterocycles. The molecule has 1 aromatic heterocycles. The highest BCUT2D eigenvalue weighted by Crippen LogP contribution is 2.41. The number of rotatable bonds is 5. The second-order valence-corrected chi connectivity index (χ2v) is 10.4. The van der Waals surface area contributed by atoms with Crippen LogP contribution in [0.5, 0.6) is 0 Å². The van der Waals surface area contributed by atoms with Crippen LogP contribution in [0, 0.1) is 5.82 Å². The van der Waals surface area contributed by atoms with Gasteiger partial charge in [-0.05, 0) is 50.3 Å². The van der Waals surface area contributed by atoms with Crippen molar-refractivity contribution < 1.29 is 22.3 Å². The predicted molar refractivity (Wildman–Crippen MR) is 115 cm³/mol. The minimum Gasteiger partial charge on any atom is -0.465 e. The van der Waals surface area contributed by atoms with Gasteiger partial charge in [0.05, 0.1) is 23.6 Å². The Morgan fingerprint density at radius 1 is 1.17 bits per heavy atom. The van der Waals surface area contributed by atoms with Gasteiger partial charge in [-0.3, -0.25) is 4.31 Å². The van der Waals surface area contributed by atoms with E-state index in [9.17, 15) is 17.6 Å². The normalized spacial score (nSPS) is 14.2. The van der Waals surface area contributed by atoms with Gasteiger partial charge >= 0.3 is 5.97 Å². The molecule has 3 rings (SSSR count). The number of esters is 1. The fraction of sp³-hybridized carbons (Fsp3) is 0.455. The molecule has 0 unspecified atom stereocenters. The smallest absolute Gasteiger partial charge is 0.340 e. The van der Waals surface area contributed by atoms with E-state index < -0.39 is 27.1 Å². The molecule has 6 nitrogen and oxygen atoms in total. The molecule has 0 saturated heterocycles. The van der Waals surface area contributed by atoms with Crippen LogP contribution < -0.4 is 4.31 Å². The number of hydrogen-bond acceptors (Lipinski definition) is 5. The molecule has 0 spiro atoms. The first-order chi connectivity index (χ1) is 14.1. The van der Waals surface area contributed by atoms with Crippen LogP contribution >= 0.6 is 0 Å². The van der Waals surface area contributed by atoms with Crippen molar-refractivity contribution in [2.75, 3.05) is 18.0 Å². The number of aromatic nitrogens is 1. The largest absolute Gasteiger partial charge is 0.465 e. The fourth-order valence-corrected chi connectivity index (χ4v) is 5.03. The minimum atomic E-state index is -3.61. The second-order valence-electron chi connectivity index (χ2n) is 7.97. The highest BCUT2D eigenvalue weighted by Gasteiger charge is 2.36. The summed E-state index contributed by atoms with van der Waals surface area (Å²) in [6, 6.07) is 5.84. The third-order valence-electron chi connectivity index (χ3n) is 5.30. The zero-order chi connectivity index (χ0) is 22.2. The molecular formula is C22H27FN2O4S. The van der Waals surface area contributed by atoms with E-state index in [-0.39, 0.29) is 5.92 Å². The molecule has 0 saturated carbocycles. The molecule has 0 aliphatic carbocycles. The van der Waals surface area contributed by atoms with Crippen molar-refractivity contribution in [1.29, 1.82) is 0 Å². The zero-order valence-corrected chi connectivity index (χ0v) is 18.7. The molecule has 0 atom stereocenters. The summed E-state index contributed by atoms with van der Waals surface area (Å²) in [5.41, 5.74) is 2.63. The van der Waals surface area contributed by atoms with Gasteiger partial charge in [0.1, 0.15) is 11.6 Å². The van der Waals surface area contributed by atoms with Crippen molar-refractivity contribution in [2.45, 2.75) is 51.7 Å². The number of halogens is 1. The highest BCUT2D eigenvalue weighted by atomic mass is 32.2. The number of nitrogens with zero attached hydrogens (tertiary/aromatic N) is 2. The number of hydrogen-bond donors (Lipinski definition) is 0. The summed E-state index contributed by atoms with van der Waals surface area (Å²) in [6.07, 6.45) is 1.15. The van der Waals surface area contributed by atoms with Gasteiger partial charge < -0.3 is 4.74 Å². The van der Waals surface area contributed by atoms with Gasteiger partial charge in [0, 0.05) is 17.7 Å². The standard InChI is InChI=1S/C22H27FN2O4S/c1-13(2)20-19(22(26)29-5)18(15-8-10-16(23)11-9-15)17-7-6-12-25(21(17)24-20)30(27,28)14(3)4/h8-11,13-14H,6-7,12H2,1-5H3. The summed E-state index contributed by atoms with van der Waals surface area (Å²) < 4.78 is 46.1. The van der Waals surface area contributed by atoms with E-state index in [2.05, 4.69) is 4.98 Å². The number of sulfonamides is 1. The van der Waals surface area contributed by atoms with E-state index in [1.165, 1.54) is 23.5 Å². The van der Waals surface area contributed by atoms with Gasteiger partial charge in [0.2, 0.25) is 10.0 Å². The van der Waals surface area contributed by atoms with E-state index in [1.807, 2.05) is 13.8 Å². The Bertz CT molecular complexity index is 1060. The molecule has 1 aromatic carbocycles. The van der Waals surface area contributed by atoms with Crippen LogP contribution in [-0.4, -0.2) is 38.3 Å². The van der Waals surface area contributed by atoms with Crippen LogP contribution in [0.25, 0.3) is 11.1 Å². The second kappa shape index (κ2) is 8.34. The summed E-state index contributed by atoms with van der Waals surface area (Å²) in [4.78, 5) is 17.5. The predicted octanol–water partition coefficient (Wildman–Crippen LogP) is 4.29. The molecular weight excluding hydrogens is 407 g/mol. The van der Waals surface area contributed by atoms with E-state index in [0.717, 1.165) is 0 Å². The Hall–Kier alpha value is -2.48. The lowest BCUT2D eigenvalue weighted by atomic mass is 9.88. The molecule has 2 heterocycles. The Balaban J connectivity index is 2.43. The van der Waals surface area contributed by atoms with E-state index in [4.69, 9.17) is 4.74 Å². The molecule has 2 aromatic rings. The first-order valence-corrected chi connectivity index (χ1v) is 11.5. The lowest BCUT2D eigenvalue weighted by molar-refractivity contribution is 0.0599. The number of pyridine rings is 1. The Labute approximate surface area is 177 Å². The van der Waals surface area contributed by atoms with Gasteiger partial charge in [-0.15, -0.1) is 0 Å². The summed E-state index contributed by atoms with van der Waals surface area (Å²) in [7, 11) is -2.30. The van der Waals surface area contributed by atoms with E-state index in [1.54, 1.807) is 26.0 Å². The monoisotopic (exact) mass is 434 g/mol. The zero-order valence-electron chi connectivity index (χ0n) is 17.9. The molecule has 0 fully saturated rings. The molecule has 162 valence electrons. The molecule has 0 bridgehead atoms. The number of ether oxygens (including phenoxy) is 1. The molecule has 8 heteroatoms. The molecule has 1 aliphatic rings. The van der Waals surface area contributed by atoms with E-state index >= 15 is 0 Å². The van der Waals surface area contributed by atoms with Crippen molar-refractivity contribution in [3.8, 4) is 11.1 Å². The Morgan fingerprint density at radius 3 is 2.33 bits per heavy atom. The van der Waals surface area contributed by atoms with Crippen molar-refractivity contribution in [2.24, 2.45) is 0 Å². The van der Waals surface area contributed by atoms with Crippen LogP contribution in [-0.2, 0) is 21.2 Å². The number of carbonyl (C=O) groups excluding carboxylic acids is 1. The Kier molecular flexibility index (Phi) is 6.17. The third kappa shape index (κ3) is 3.80. The van der Waals surface area contributed by atoms with Crippen molar-refractivity contribution in [3.05, 3.63) is 46.9 Å². The summed E-state index contributed by atoms with van der Waals surface area (Å²) in [5.74, 6) is -0.744. The lowest BCUT2D eigenvalue weighted by Crippen LogP contribution is -2.41. The first kappa shape index (κ1) is 22.2. The van der Waals surface area contributed by atoms with Crippen molar-refractivity contribution in [3.63, 3.8) is 0 Å². The average molecular weight is 435 g/mol. The SMILES string of the molecule is COC(=O)c1c(C(C)C)nc2c(c1-c1ccc(F)cc1)CCCN2S(=O)(=O)C(C)C. The van der Waals surface area contributed by atoms with Crippen LogP contribution in [0.15, 0.2) is 24.3 Å². The molecule has 0 amide bonds. The maximum Gasteiger partial charge on any atom is 0.340 e. The van der Waals surface area contributed by atoms with E-state index in [0.29, 0.717) is 53.2 Å². The third-order valence-corrected chi connectivity index (χ3v) is 7.46. The lowest BCUT2D eigenvalue weighted by Gasteiger charge is -2.33. The average Bonchev–Trinajstić information content (AvgIpc) is 2.71. The maximum atomic E-state index is 13.6. The number of benzene rings is 1. The van der Waals surface area contributed by atoms with Gasteiger partial charge in [0.25, 0.3) is 0 Å². The number of anilines is 1. The van der Waals surface area contributed by atoms with Gasteiger partial charge in [0.15, 0.2) is 0 Å². The van der Waals surface area contributed by atoms with Gasteiger partial charge in [-0.2, -0.15) is 0 Å². The highest BCUT2D eigenvalue weighted by molar-refractivity contribution is 7.93. The fourth-order valence-electron chi connectivity index (χ4n) is 3.74. The van der Waals surface area contributed by atoms with Crippen LogP contribution in [0.3, 0.4) is 0 Å². The van der Waals surface area contributed by atoms with Crippen molar-refractivity contribution >= 4 is 21.8 Å². The van der Waals surface area contributed by atoms with Gasteiger partial charge in [-0.1, -0.05) is 26.0 Å². The quantitative estimate of drug-likeness (QED) is 0.656. The Morgan fingerprint density at radius 2 is 1.80 bits per heavy atom. The number of methoxy groups -OCH3 is 1. The maximum absolute atomic E-state index is 13.6. The van der Waals surface area contributed by atoms with Crippen LogP contribution in [0.1, 0.15) is 61.6 Å².